The van der Waals surface area contributed by atoms with Crippen molar-refractivity contribution in [3.8, 4) is 11.1 Å². The van der Waals surface area contributed by atoms with Crippen LogP contribution in [0, 0.1) is 0 Å². The Labute approximate surface area is 181 Å². The maximum atomic E-state index is 11.2. The highest BCUT2D eigenvalue weighted by Crippen LogP contribution is 2.23. The first kappa shape index (κ1) is 24.0. The van der Waals surface area contributed by atoms with Gasteiger partial charge in [0.25, 0.3) is 0 Å². The van der Waals surface area contributed by atoms with Crippen LogP contribution in [0.1, 0.15) is 38.3 Å². The number of carboxylic acids is 2. The molecule has 0 aliphatic heterocycles. The topological polar surface area (TPSA) is 104 Å². The number of benzene rings is 2. The Kier molecular flexibility index (Phi) is 8.24. The summed E-state index contributed by atoms with van der Waals surface area (Å²) >= 11 is 0. The van der Waals surface area contributed by atoms with Gasteiger partial charge in [-0.1, -0.05) is 42.5 Å². The van der Waals surface area contributed by atoms with Gasteiger partial charge >= 0.3 is 11.9 Å². The van der Waals surface area contributed by atoms with E-state index in [1.165, 1.54) is 6.08 Å². The van der Waals surface area contributed by atoms with Crippen molar-refractivity contribution in [2.75, 3.05) is 6.54 Å². The highest BCUT2D eigenvalue weighted by atomic mass is 16.7. The molecule has 0 heterocycles. The maximum absolute atomic E-state index is 11.2. The van der Waals surface area contributed by atoms with Gasteiger partial charge in [-0.2, -0.15) is 5.06 Å². The molecule has 2 N–H and O–H groups in total. The standard InChI is InChI=1S/C24H27NO6/c1-24(2,3)31-25(11-12-26)16-18-5-4-6-20(14-18)19-9-7-17(8-10-19)13-21(23(29)30)15-22(27)28/h4-10,12-14H,11,15-16H2,1-3H3,(H,27,28)(H,29,30). The molecule has 31 heavy (non-hydrogen) atoms. The van der Waals surface area contributed by atoms with E-state index in [1.807, 2.05) is 57.2 Å². The van der Waals surface area contributed by atoms with Crippen molar-refractivity contribution in [2.45, 2.75) is 39.3 Å². The number of aldehydes is 1. The lowest BCUT2D eigenvalue weighted by Crippen LogP contribution is -2.34. The van der Waals surface area contributed by atoms with Gasteiger partial charge in [0.1, 0.15) is 6.29 Å². The van der Waals surface area contributed by atoms with Crippen LogP contribution in [0.4, 0.5) is 0 Å². The van der Waals surface area contributed by atoms with Crippen LogP contribution < -0.4 is 0 Å². The summed E-state index contributed by atoms with van der Waals surface area (Å²) in [5.41, 5.74) is 2.86. The smallest absolute Gasteiger partial charge is 0.332 e. The van der Waals surface area contributed by atoms with E-state index in [0.717, 1.165) is 23.0 Å². The van der Waals surface area contributed by atoms with Crippen molar-refractivity contribution in [3.05, 3.63) is 65.2 Å². The number of nitrogens with zero attached hydrogens (tertiary/aromatic N) is 1. The van der Waals surface area contributed by atoms with E-state index in [9.17, 15) is 14.4 Å². The van der Waals surface area contributed by atoms with Crippen LogP contribution in [0.2, 0.25) is 0 Å². The molecular weight excluding hydrogens is 398 g/mol. The second kappa shape index (κ2) is 10.7. The molecule has 0 saturated heterocycles. The number of hydrogen-bond donors (Lipinski definition) is 2. The quantitative estimate of drug-likeness (QED) is 0.336. The lowest BCUT2D eigenvalue weighted by atomic mass is 10.0. The molecule has 2 rings (SSSR count). The number of carbonyl (C=O) groups excluding carboxylic acids is 1. The molecule has 0 aliphatic rings. The van der Waals surface area contributed by atoms with Gasteiger partial charge in [-0.05, 0) is 55.2 Å². The van der Waals surface area contributed by atoms with Crippen LogP contribution >= 0.6 is 0 Å². The lowest BCUT2D eigenvalue weighted by molar-refractivity contribution is -0.230. The summed E-state index contributed by atoms with van der Waals surface area (Å²) in [6, 6.07) is 15.0. The molecule has 0 spiro atoms. The molecule has 0 unspecified atom stereocenters. The second-order valence-electron chi connectivity index (χ2n) is 8.06. The SMILES string of the molecule is CC(C)(C)ON(CC=O)Cc1cccc(-c2ccc(C=C(CC(=O)O)C(=O)O)cc2)c1. The lowest BCUT2D eigenvalue weighted by Gasteiger charge is -2.28. The zero-order valence-electron chi connectivity index (χ0n) is 17.9. The van der Waals surface area contributed by atoms with E-state index < -0.39 is 24.0 Å². The van der Waals surface area contributed by atoms with E-state index in [-0.39, 0.29) is 12.1 Å². The fraction of sp³-hybridized carbons (Fsp3) is 0.292. The molecule has 7 heteroatoms. The third kappa shape index (κ3) is 8.16. The minimum absolute atomic E-state index is 0.158. The van der Waals surface area contributed by atoms with Crippen molar-refractivity contribution in [2.24, 2.45) is 0 Å². The third-order valence-corrected chi connectivity index (χ3v) is 4.17. The molecule has 7 nitrogen and oxygen atoms in total. The first-order chi connectivity index (χ1) is 14.6. The van der Waals surface area contributed by atoms with E-state index >= 15 is 0 Å². The Morgan fingerprint density at radius 3 is 2.26 bits per heavy atom. The van der Waals surface area contributed by atoms with Crippen molar-refractivity contribution >= 4 is 24.3 Å². The normalized spacial score (nSPS) is 12.1. The maximum Gasteiger partial charge on any atom is 0.332 e. The first-order valence-corrected chi connectivity index (χ1v) is 9.80. The van der Waals surface area contributed by atoms with Gasteiger partial charge < -0.3 is 15.0 Å². The molecule has 0 fully saturated rings. The third-order valence-electron chi connectivity index (χ3n) is 4.17. The summed E-state index contributed by atoms with van der Waals surface area (Å²) in [7, 11) is 0. The van der Waals surface area contributed by atoms with Crippen LogP contribution in [0.15, 0.2) is 54.1 Å². The fourth-order valence-electron chi connectivity index (χ4n) is 2.98. The predicted octanol–water partition coefficient (Wildman–Crippen LogP) is 4.03. The molecule has 2 aromatic carbocycles. The Bertz CT molecular complexity index is 957. The van der Waals surface area contributed by atoms with Crippen molar-refractivity contribution in [3.63, 3.8) is 0 Å². The Morgan fingerprint density at radius 2 is 1.71 bits per heavy atom. The van der Waals surface area contributed by atoms with Crippen molar-refractivity contribution in [1.29, 1.82) is 0 Å². The number of hydrogen-bond acceptors (Lipinski definition) is 5. The number of hydroxylamine groups is 2. The van der Waals surface area contributed by atoms with Crippen LogP contribution in [-0.2, 0) is 25.8 Å². The van der Waals surface area contributed by atoms with Crippen LogP contribution in [0.25, 0.3) is 17.2 Å². The van der Waals surface area contributed by atoms with Crippen LogP contribution in [-0.4, -0.2) is 45.6 Å². The van der Waals surface area contributed by atoms with Gasteiger partial charge in [0.2, 0.25) is 0 Å². The Balaban J connectivity index is 2.21. The van der Waals surface area contributed by atoms with Gasteiger partial charge in [0.05, 0.1) is 18.6 Å². The molecule has 0 saturated carbocycles. The molecule has 164 valence electrons. The Hall–Kier alpha value is -3.29. The summed E-state index contributed by atoms with van der Waals surface area (Å²) in [5, 5.41) is 19.6. The molecule has 2 aromatic rings. The van der Waals surface area contributed by atoms with Gasteiger partial charge in [-0.25, -0.2) is 4.79 Å². The zero-order valence-corrected chi connectivity index (χ0v) is 17.9. The minimum atomic E-state index is -1.25. The van der Waals surface area contributed by atoms with E-state index in [1.54, 1.807) is 17.2 Å². The summed E-state index contributed by atoms with van der Waals surface area (Å²) in [6.45, 7) is 6.36. The summed E-state index contributed by atoms with van der Waals surface area (Å²) in [6.07, 6.45) is 1.61. The largest absolute Gasteiger partial charge is 0.481 e. The zero-order chi connectivity index (χ0) is 23.0. The summed E-state index contributed by atoms with van der Waals surface area (Å²) in [5.74, 6) is -2.45. The fourth-order valence-corrected chi connectivity index (χ4v) is 2.98. The first-order valence-electron chi connectivity index (χ1n) is 9.80. The summed E-state index contributed by atoms with van der Waals surface area (Å²) < 4.78 is 0. The van der Waals surface area contributed by atoms with Crippen LogP contribution in [0.3, 0.4) is 0 Å². The summed E-state index contributed by atoms with van der Waals surface area (Å²) in [4.78, 5) is 38.9. The average molecular weight is 425 g/mol. The number of rotatable bonds is 10. The van der Waals surface area contributed by atoms with Crippen molar-refractivity contribution < 1.29 is 29.4 Å². The highest BCUT2D eigenvalue weighted by Gasteiger charge is 2.17. The molecule has 0 radical (unpaired) electrons. The predicted molar refractivity (Wildman–Crippen MR) is 117 cm³/mol. The molecular formula is C24H27NO6. The number of carbonyl (C=O) groups is 3. The van der Waals surface area contributed by atoms with Gasteiger partial charge in [0, 0.05) is 12.1 Å². The molecule has 0 bridgehead atoms. The van der Waals surface area contributed by atoms with E-state index in [0.29, 0.717) is 12.1 Å². The molecule has 0 aliphatic carbocycles. The monoisotopic (exact) mass is 425 g/mol. The van der Waals surface area contributed by atoms with Gasteiger partial charge in [0.15, 0.2) is 0 Å². The number of aliphatic carboxylic acids is 2. The molecule has 0 amide bonds. The second-order valence-corrected chi connectivity index (χ2v) is 8.06. The Morgan fingerprint density at radius 1 is 1.03 bits per heavy atom. The van der Waals surface area contributed by atoms with E-state index in [4.69, 9.17) is 15.1 Å². The van der Waals surface area contributed by atoms with Gasteiger partial charge in [-0.15, -0.1) is 0 Å². The van der Waals surface area contributed by atoms with Crippen molar-refractivity contribution in [1.82, 2.24) is 5.06 Å². The van der Waals surface area contributed by atoms with Gasteiger partial charge in [-0.3, -0.25) is 9.63 Å². The minimum Gasteiger partial charge on any atom is -0.481 e. The molecule has 0 aromatic heterocycles. The number of carboxylic acid groups (broad SMARTS) is 2. The van der Waals surface area contributed by atoms with E-state index in [2.05, 4.69) is 0 Å². The average Bonchev–Trinajstić information content (AvgIpc) is 2.67. The molecule has 0 atom stereocenters. The highest BCUT2D eigenvalue weighted by molar-refractivity contribution is 5.96. The van der Waals surface area contributed by atoms with Crippen LogP contribution in [0.5, 0.6) is 0 Å².